The summed E-state index contributed by atoms with van der Waals surface area (Å²) in [5.41, 5.74) is 4.53. The number of rotatable bonds is 4. The molecule has 6 N–H and O–H groups in total. The number of nitrogens with zero attached hydrogens (tertiary/aromatic N) is 6. The van der Waals surface area contributed by atoms with Crippen molar-refractivity contribution in [1.82, 2.24) is 24.9 Å². The Morgan fingerprint density at radius 3 is 1.90 bits per heavy atom. The number of anilines is 6. The van der Waals surface area contributed by atoms with E-state index in [1.807, 2.05) is 30.5 Å². The number of aryl methyl sites for hydroxylation is 2. The normalized spacial score (nSPS) is 13.8. The molecule has 1 aromatic carbocycles. The molecular weight excluding hydrogens is 853 g/mol. The monoisotopic (exact) mass is 883 g/mol. The third kappa shape index (κ3) is 16.0. The van der Waals surface area contributed by atoms with Crippen molar-refractivity contribution in [2.75, 3.05) is 33.9 Å². The van der Waals surface area contributed by atoms with Crippen LogP contribution in [0.3, 0.4) is 0 Å². The molecule has 4 aromatic rings. The number of carboxylic acid groups (broad SMARTS) is 3. The van der Waals surface area contributed by atoms with E-state index in [4.69, 9.17) is 41.3 Å². The first kappa shape index (κ1) is 47.8. The van der Waals surface area contributed by atoms with Crippen LogP contribution in [0.15, 0.2) is 61.4 Å². The summed E-state index contributed by atoms with van der Waals surface area (Å²) in [6.07, 6.45) is -1.06. The molecule has 3 aromatic heterocycles. The van der Waals surface area contributed by atoms with Crippen molar-refractivity contribution >= 4 is 70.1 Å². The van der Waals surface area contributed by atoms with E-state index >= 15 is 0 Å². The molecule has 0 radical (unpaired) electrons. The fraction of sp³-hybridized carbons (Fsp3) is 0.324. The average Bonchev–Trinajstić information content (AvgIpc) is 3.17. The second-order valence-corrected chi connectivity index (χ2v) is 12.7. The first-order valence-corrected chi connectivity index (χ1v) is 17.1. The molecule has 1 fully saturated rings. The number of hydrogen-bond acceptors (Lipinski definition) is 12. The summed E-state index contributed by atoms with van der Waals surface area (Å²) in [7, 11) is 0. The van der Waals surface area contributed by atoms with Gasteiger partial charge in [-0.05, 0) is 67.0 Å². The predicted octanol–water partition coefficient (Wildman–Crippen LogP) is 7.05. The lowest BCUT2D eigenvalue weighted by atomic mass is 9.93. The summed E-state index contributed by atoms with van der Waals surface area (Å²) in [6.45, 7) is 1.75. The molecule has 5 heterocycles. The van der Waals surface area contributed by atoms with Crippen LogP contribution in [0.25, 0.3) is 0 Å². The smallest absolute Gasteiger partial charge is 0.475 e. The maximum atomic E-state index is 13.1. The number of fused-ring (bicyclic) bond motifs is 6. The van der Waals surface area contributed by atoms with Crippen molar-refractivity contribution in [3.63, 3.8) is 0 Å². The van der Waals surface area contributed by atoms with Gasteiger partial charge in [0.05, 0.1) is 24.3 Å². The zero-order chi connectivity index (χ0) is 44.8. The van der Waals surface area contributed by atoms with Crippen LogP contribution in [0.5, 0.6) is 0 Å². The first-order valence-electron chi connectivity index (χ1n) is 16.8. The number of halogens is 10. The van der Waals surface area contributed by atoms with Gasteiger partial charge in [-0.1, -0.05) is 11.6 Å². The highest BCUT2D eigenvalue weighted by atomic mass is 35.5. The molecule has 0 saturated carbocycles. The number of nitrogens with one attached hydrogen (secondary N) is 3. The molecule has 0 spiro atoms. The van der Waals surface area contributed by atoms with Gasteiger partial charge in [0.15, 0.2) is 5.82 Å². The van der Waals surface area contributed by atoms with Crippen LogP contribution < -0.4 is 20.9 Å². The number of carbonyl (C=O) groups is 4. The number of amides is 1. The molecule has 0 atom stereocenters. The zero-order valence-corrected chi connectivity index (χ0v) is 31.0. The molecule has 1 amide bonds. The van der Waals surface area contributed by atoms with Crippen LogP contribution in [0, 0.1) is 5.92 Å². The molecular formula is C34H31ClF9N9O7. The van der Waals surface area contributed by atoms with E-state index in [0.717, 1.165) is 72.8 Å². The van der Waals surface area contributed by atoms with Crippen molar-refractivity contribution in [2.45, 2.75) is 50.6 Å². The second kappa shape index (κ2) is 20.9. The number of benzene rings is 1. The van der Waals surface area contributed by atoms with Crippen molar-refractivity contribution in [3.8, 4) is 0 Å². The Kier molecular flexibility index (Phi) is 16.7. The van der Waals surface area contributed by atoms with E-state index in [9.17, 15) is 44.3 Å². The minimum atomic E-state index is -5.08. The number of piperidine rings is 1. The largest absolute Gasteiger partial charge is 0.490 e. The molecule has 16 nitrogen and oxygen atoms in total. The molecule has 2 aliphatic heterocycles. The van der Waals surface area contributed by atoms with Gasteiger partial charge in [-0.2, -0.15) is 44.5 Å². The standard InChI is InChI=1S/C28H28ClN9O.3C2HF3O2/c29-23-16-33-28-35-22-11-19(14-31-15-22)1-2-20-13-21(34-27(23)37-28)3-4-24(20)36-26(39)12-18-5-9-38(10-6-18)25-17-30-7-8-32-25;3*3-2(4,5)1(6)7/h3-4,7-8,11,13-18H,1-2,5-6,9-10,12H2,(H,36,39)(H2,33,34,35,37);3*(H,6,7). The van der Waals surface area contributed by atoms with Gasteiger partial charge in [-0.15, -0.1) is 0 Å². The molecule has 6 bridgehead atoms. The van der Waals surface area contributed by atoms with Crippen molar-refractivity contribution in [1.29, 1.82) is 0 Å². The minimum Gasteiger partial charge on any atom is -0.475 e. The number of aromatic nitrogens is 5. The van der Waals surface area contributed by atoms with E-state index in [2.05, 4.69) is 45.8 Å². The molecule has 324 valence electrons. The highest BCUT2D eigenvalue weighted by molar-refractivity contribution is 6.32. The van der Waals surface area contributed by atoms with Gasteiger partial charge in [0.2, 0.25) is 11.9 Å². The second-order valence-electron chi connectivity index (χ2n) is 12.2. The highest BCUT2D eigenvalue weighted by Gasteiger charge is 2.39. The summed E-state index contributed by atoms with van der Waals surface area (Å²) in [5, 5.41) is 31.5. The Labute approximate surface area is 336 Å². The van der Waals surface area contributed by atoms with Crippen LogP contribution in [-0.2, 0) is 32.0 Å². The number of carbonyl (C=O) groups excluding carboxylic acids is 1. The molecule has 0 unspecified atom stereocenters. The van der Waals surface area contributed by atoms with Crippen LogP contribution in [0.4, 0.5) is 74.2 Å². The molecule has 26 heteroatoms. The third-order valence-electron chi connectivity index (χ3n) is 7.81. The minimum absolute atomic E-state index is 0.0316. The lowest BCUT2D eigenvalue weighted by Crippen LogP contribution is -2.35. The van der Waals surface area contributed by atoms with Gasteiger partial charge in [0, 0.05) is 49.5 Å². The average molecular weight is 884 g/mol. The Bertz CT molecular complexity index is 2050. The SMILES string of the molecule is O=C(CC1CCN(c2cnccn2)CC1)Nc1ccc2cc1CCc1cncc(c1)Nc1ncc(Cl)c(n1)N2.O=C(O)C(F)(F)F.O=C(O)C(F)(F)F.O=C(O)C(F)(F)F. The van der Waals surface area contributed by atoms with Gasteiger partial charge in [-0.25, -0.2) is 24.4 Å². The fourth-order valence-corrected chi connectivity index (χ4v) is 5.18. The summed E-state index contributed by atoms with van der Waals surface area (Å²) >= 11 is 6.38. The van der Waals surface area contributed by atoms with E-state index in [-0.39, 0.29) is 5.91 Å². The summed E-state index contributed by atoms with van der Waals surface area (Å²) in [5.74, 6) is -6.10. The number of aliphatic carboxylic acids is 3. The molecule has 60 heavy (non-hydrogen) atoms. The maximum Gasteiger partial charge on any atom is 0.490 e. The quantitative estimate of drug-likeness (QED) is 0.113. The number of hydrogen-bond donors (Lipinski definition) is 6. The van der Waals surface area contributed by atoms with Crippen molar-refractivity contribution in [3.05, 3.63) is 77.6 Å². The Morgan fingerprint density at radius 1 is 0.750 bits per heavy atom. The van der Waals surface area contributed by atoms with Crippen LogP contribution in [0.2, 0.25) is 5.02 Å². The number of pyridine rings is 1. The topological polar surface area (TPSA) is 233 Å². The molecule has 2 aliphatic rings. The zero-order valence-electron chi connectivity index (χ0n) is 30.2. The van der Waals surface area contributed by atoms with E-state index in [1.54, 1.807) is 31.0 Å². The van der Waals surface area contributed by atoms with Gasteiger partial charge < -0.3 is 36.2 Å². The highest BCUT2D eigenvalue weighted by Crippen LogP contribution is 2.30. The first-order chi connectivity index (χ1) is 27.9. The molecule has 6 rings (SSSR count). The van der Waals surface area contributed by atoms with Gasteiger partial charge in [0.25, 0.3) is 0 Å². The van der Waals surface area contributed by atoms with Gasteiger partial charge in [0.1, 0.15) is 10.8 Å². The van der Waals surface area contributed by atoms with Gasteiger partial charge in [-0.3, -0.25) is 14.8 Å². The van der Waals surface area contributed by atoms with Crippen LogP contribution in [-0.4, -0.2) is 95.7 Å². The molecule has 1 saturated heterocycles. The Balaban J connectivity index is 0.000000377. The maximum absolute atomic E-state index is 13.1. The summed E-state index contributed by atoms with van der Waals surface area (Å²) < 4.78 is 95.2. The lowest BCUT2D eigenvalue weighted by Gasteiger charge is -2.32. The van der Waals surface area contributed by atoms with E-state index in [0.29, 0.717) is 29.1 Å². The molecule has 0 aliphatic carbocycles. The lowest BCUT2D eigenvalue weighted by molar-refractivity contribution is -0.193. The number of alkyl halides is 9. The van der Waals surface area contributed by atoms with E-state index in [1.165, 1.54) is 0 Å². The van der Waals surface area contributed by atoms with Crippen molar-refractivity contribution < 1.29 is 74.0 Å². The third-order valence-corrected chi connectivity index (χ3v) is 8.09. The van der Waals surface area contributed by atoms with Gasteiger partial charge >= 0.3 is 36.4 Å². The Morgan fingerprint density at radius 2 is 1.35 bits per heavy atom. The van der Waals surface area contributed by atoms with Crippen LogP contribution in [0.1, 0.15) is 30.4 Å². The fourth-order valence-electron chi connectivity index (χ4n) is 5.04. The van der Waals surface area contributed by atoms with E-state index < -0.39 is 36.4 Å². The number of carboxylic acids is 3. The Hall–Kier alpha value is -6.53. The summed E-state index contributed by atoms with van der Waals surface area (Å²) in [6, 6.07) is 7.93. The summed E-state index contributed by atoms with van der Waals surface area (Å²) in [4.78, 5) is 63.8. The predicted molar refractivity (Wildman–Crippen MR) is 193 cm³/mol. The van der Waals surface area contributed by atoms with Crippen LogP contribution >= 0.6 is 11.6 Å². The van der Waals surface area contributed by atoms with Crippen molar-refractivity contribution in [2.24, 2.45) is 5.92 Å².